The number of hydrogen-bond acceptors (Lipinski definition) is 7. The molecule has 1 fully saturated rings. The minimum Gasteiger partial charge on any atom is -0.506 e. The van der Waals surface area contributed by atoms with E-state index in [2.05, 4.69) is 5.32 Å². The van der Waals surface area contributed by atoms with Crippen LogP contribution in [0.3, 0.4) is 0 Å². The van der Waals surface area contributed by atoms with E-state index in [-0.39, 0.29) is 21.4 Å². The number of thiocarbonyl (C=S) groups is 1. The average molecular weight is 450 g/mol. The lowest BCUT2D eigenvalue weighted by atomic mass is 10.2. The summed E-state index contributed by atoms with van der Waals surface area (Å²) < 4.78 is 0.187. The van der Waals surface area contributed by atoms with Gasteiger partial charge in [-0.1, -0.05) is 53.8 Å². The number of nitrogens with one attached hydrogen (secondary N) is 1. The average Bonchev–Trinajstić information content (AvgIpc) is 2.92. The van der Waals surface area contributed by atoms with Crippen molar-refractivity contribution in [1.29, 1.82) is 0 Å². The molecule has 0 saturated carbocycles. The van der Waals surface area contributed by atoms with Crippen LogP contribution in [0.5, 0.6) is 5.75 Å². The van der Waals surface area contributed by atoms with Crippen molar-refractivity contribution in [2.45, 2.75) is 0 Å². The van der Waals surface area contributed by atoms with Gasteiger partial charge in [0.25, 0.3) is 11.6 Å². The number of carbonyl (C=O) groups is 2. The zero-order chi connectivity index (χ0) is 21.1. The number of phenolic OH excluding ortho intramolecular Hbond substituents is 1. The van der Waals surface area contributed by atoms with Crippen molar-refractivity contribution in [2.75, 3.05) is 11.9 Å². The molecule has 1 heterocycles. The van der Waals surface area contributed by atoms with Crippen molar-refractivity contribution in [3.63, 3.8) is 0 Å². The highest BCUT2D eigenvalue weighted by atomic mass is 35.5. The van der Waals surface area contributed by atoms with Gasteiger partial charge in [-0.05, 0) is 23.8 Å². The summed E-state index contributed by atoms with van der Waals surface area (Å²) in [5.74, 6) is -1.47. The van der Waals surface area contributed by atoms with Crippen LogP contribution in [0, 0.1) is 10.1 Å². The predicted octanol–water partition coefficient (Wildman–Crippen LogP) is 3.79. The molecule has 2 amide bonds. The minimum absolute atomic E-state index is 0.138. The van der Waals surface area contributed by atoms with Gasteiger partial charge in [0.15, 0.2) is 0 Å². The van der Waals surface area contributed by atoms with E-state index in [9.17, 15) is 24.8 Å². The Balaban J connectivity index is 1.74. The van der Waals surface area contributed by atoms with Gasteiger partial charge in [-0.25, -0.2) is 0 Å². The van der Waals surface area contributed by atoms with Crippen LogP contribution < -0.4 is 5.32 Å². The molecule has 8 nitrogen and oxygen atoms in total. The molecule has 0 radical (unpaired) electrons. The summed E-state index contributed by atoms with van der Waals surface area (Å²) in [6.07, 6.45) is 1.59. The maximum atomic E-state index is 12.6. The highest BCUT2D eigenvalue weighted by Gasteiger charge is 2.33. The molecule has 148 valence electrons. The Morgan fingerprint density at radius 2 is 2.07 bits per heavy atom. The van der Waals surface area contributed by atoms with Gasteiger partial charge in [-0.2, -0.15) is 0 Å². The van der Waals surface area contributed by atoms with Crippen LogP contribution in [0.2, 0.25) is 5.02 Å². The van der Waals surface area contributed by atoms with Gasteiger partial charge >= 0.3 is 0 Å². The number of nitrogens with zero attached hydrogens (tertiary/aromatic N) is 2. The van der Waals surface area contributed by atoms with Gasteiger partial charge in [0.05, 0.1) is 15.5 Å². The zero-order valence-electron chi connectivity index (χ0n) is 14.5. The lowest BCUT2D eigenvalue weighted by molar-refractivity contribution is -0.384. The van der Waals surface area contributed by atoms with Gasteiger partial charge in [-0.3, -0.25) is 24.6 Å². The normalized spacial score (nSPS) is 15.1. The van der Waals surface area contributed by atoms with E-state index < -0.39 is 23.3 Å². The smallest absolute Gasteiger partial charge is 0.271 e. The number of benzene rings is 2. The number of halogens is 1. The quantitative estimate of drug-likeness (QED) is 0.235. The number of non-ortho nitro benzene ring substituents is 1. The lowest BCUT2D eigenvalue weighted by Crippen LogP contribution is -2.36. The summed E-state index contributed by atoms with van der Waals surface area (Å²) in [5.41, 5.74) is 0.202. The first kappa shape index (κ1) is 20.8. The van der Waals surface area contributed by atoms with Crippen molar-refractivity contribution in [2.24, 2.45) is 0 Å². The molecular weight excluding hydrogens is 438 g/mol. The van der Waals surface area contributed by atoms with Crippen LogP contribution in [0.15, 0.2) is 47.4 Å². The Morgan fingerprint density at radius 1 is 1.34 bits per heavy atom. The molecular formula is C18H12ClN3O5S2. The van der Waals surface area contributed by atoms with Crippen LogP contribution in [-0.4, -0.2) is 37.6 Å². The number of rotatable bonds is 5. The molecule has 0 aromatic heterocycles. The number of carbonyl (C=O) groups excluding carboxylic acids is 2. The molecule has 29 heavy (non-hydrogen) atoms. The predicted molar refractivity (Wildman–Crippen MR) is 115 cm³/mol. The maximum Gasteiger partial charge on any atom is 0.271 e. The Kier molecular flexibility index (Phi) is 6.16. The summed E-state index contributed by atoms with van der Waals surface area (Å²) in [7, 11) is 0. The number of phenols is 1. The van der Waals surface area contributed by atoms with Crippen molar-refractivity contribution >= 4 is 69.2 Å². The molecule has 2 aromatic carbocycles. The van der Waals surface area contributed by atoms with E-state index in [1.807, 2.05) is 0 Å². The second kappa shape index (κ2) is 8.60. The molecule has 0 atom stereocenters. The SMILES string of the molecule is O=C(CN1C(=O)/C(=C/c2ccccc2Cl)SC1=S)Nc1cc([N+](=O)[O-])ccc1O. The Bertz CT molecular complexity index is 1070. The number of anilines is 1. The third-order valence-electron chi connectivity index (χ3n) is 3.83. The third kappa shape index (κ3) is 4.73. The first-order valence-corrected chi connectivity index (χ1v) is 9.63. The largest absolute Gasteiger partial charge is 0.506 e. The van der Waals surface area contributed by atoms with Crippen molar-refractivity contribution in [1.82, 2.24) is 4.90 Å². The third-order valence-corrected chi connectivity index (χ3v) is 5.55. The molecule has 0 aliphatic carbocycles. The minimum atomic E-state index is -0.670. The van der Waals surface area contributed by atoms with Crippen molar-refractivity contribution in [3.8, 4) is 5.75 Å². The summed E-state index contributed by atoms with van der Waals surface area (Å²) in [5, 5.41) is 23.5. The Morgan fingerprint density at radius 3 is 2.76 bits per heavy atom. The van der Waals surface area contributed by atoms with Gasteiger partial charge in [0.2, 0.25) is 5.91 Å². The second-order valence-electron chi connectivity index (χ2n) is 5.80. The van der Waals surface area contributed by atoms with Crippen LogP contribution >= 0.6 is 35.6 Å². The van der Waals surface area contributed by atoms with E-state index in [4.69, 9.17) is 23.8 Å². The monoisotopic (exact) mass is 449 g/mol. The number of nitro benzene ring substituents is 1. The fraction of sp³-hybridized carbons (Fsp3) is 0.0556. The van der Waals surface area contributed by atoms with Crippen LogP contribution in [-0.2, 0) is 9.59 Å². The summed E-state index contributed by atoms with van der Waals surface area (Å²) in [4.78, 5) is 36.5. The van der Waals surface area contributed by atoms with Crippen molar-refractivity contribution < 1.29 is 19.6 Å². The molecule has 1 aliphatic heterocycles. The van der Waals surface area contributed by atoms with Crippen LogP contribution in [0.4, 0.5) is 11.4 Å². The molecule has 0 unspecified atom stereocenters. The molecule has 2 aromatic rings. The van der Waals surface area contributed by atoms with Gasteiger partial charge < -0.3 is 10.4 Å². The first-order chi connectivity index (χ1) is 13.8. The van der Waals surface area contributed by atoms with Crippen LogP contribution in [0.1, 0.15) is 5.56 Å². The van der Waals surface area contributed by atoms with Gasteiger partial charge in [-0.15, -0.1) is 0 Å². The number of thioether (sulfide) groups is 1. The number of amides is 2. The molecule has 2 N–H and O–H groups in total. The van der Waals surface area contributed by atoms with Gasteiger partial charge in [0, 0.05) is 17.2 Å². The van der Waals surface area contributed by atoms with E-state index in [0.29, 0.717) is 15.5 Å². The highest BCUT2D eigenvalue weighted by molar-refractivity contribution is 8.26. The van der Waals surface area contributed by atoms with E-state index in [0.717, 1.165) is 34.9 Å². The number of nitro groups is 1. The second-order valence-corrected chi connectivity index (χ2v) is 7.88. The fourth-order valence-electron chi connectivity index (χ4n) is 2.44. The Hall–Kier alpha value is -2.95. The lowest BCUT2D eigenvalue weighted by Gasteiger charge is -2.14. The molecule has 1 aliphatic rings. The summed E-state index contributed by atoms with van der Waals surface area (Å²) >= 11 is 12.3. The van der Waals surface area contributed by atoms with E-state index in [1.165, 1.54) is 0 Å². The zero-order valence-corrected chi connectivity index (χ0v) is 16.9. The molecule has 1 saturated heterocycles. The maximum absolute atomic E-state index is 12.6. The first-order valence-electron chi connectivity index (χ1n) is 8.03. The number of hydrogen-bond donors (Lipinski definition) is 2. The standard InChI is InChI=1S/C18H12ClN3O5S2/c19-12-4-2-1-3-10(12)7-15-17(25)21(18(28)29-15)9-16(24)20-13-8-11(22(26)27)5-6-14(13)23/h1-8,23H,9H2,(H,20,24)/b15-7-. The van der Waals surface area contributed by atoms with Gasteiger partial charge in [0.1, 0.15) is 16.6 Å². The molecule has 0 bridgehead atoms. The van der Waals surface area contributed by atoms with E-state index >= 15 is 0 Å². The summed E-state index contributed by atoms with van der Waals surface area (Å²) in [6, 6.07) is 10.2. The molecule has 11 heteroatoms. The van der Waals surface area contributed by atoms with E-state index in [1.54, 1.807) is 30.3 Å². The summed E-state index contributed by atoms with van der Waals surface area (Å²) in [6.45, 7) is -0.410. The fourth-order valence-corrected chi connectivity index (χ4v) is 3.88. The topological polar surface area (TPSA) is 113 Å². The Labute approximate surface area is 179 Å². The highest BCUT2D eigenvalue weighted by Crippen LogP contribution is 2.34. The number of aromatic hydroxyl groups is 1. The van der Waals surface area contributed by atoms with Crippen molar-refractivity contribution in [3.05, 3.63) is 68.1 Å². The molecule has 0 spiro atoms. The van der Waals surface area contributed by atoms with Crippen LogP contribution in [0.25, 0.3) is 6.08 Å². The molecule has 3 rings (SSSR count).